The summed E-state index contributed by atoms with van der Waals surface area (Å²) in [5.74, 6) is -2.18. The summed E-state index contributed by atoms with van der Waals surface area (Å²) < 4.78 is 51.7. The van der Waals surface area contributed by atoms with E-state index in [1.54, 1.807) is 19.2 Å². The third-order valence-corrected chi connectivity index (χ3v) is 7.27. The number of amides is 4. The number of thioether (sulfide) groups is 1. The zero-order chi connectivity index (χ0) is 26.2. The second-order valence-electron chi connectivity index (χ2n) is 8.43. The van der Waals surface area contributed by atoms with Crippen LogP contribution in [0, 0.1) is 11.7 Å². The van der Waals surface area contributed by atoms with Crippen molar-refractivity contribution in [3.8, 4) is 0 Å². The maximum absolute atomic E-state index is 13.4. The van der Waals surface area contributed by atoms with E-state index in [-0.39, 0.29) is 11.4 Å². The molecule has 4 atom stereocenters. The number of halogens is 4. The van der Waals surface area contributed by atoms with Crippen molar-refractivity contribution in [1.29, 1.82) is 0 Å². The summed E-state index contributed by atoms with van der Waals surface area (Å²) in [6.45, 7) is 0. The molecule has 0 spiro atoms. The lowest BCUT2D eigenvalue weighted by molar-refractivity contribution is -0.140. The summed E-state index contributed by atoms with van der Waals surface area (Å²) in [4.78, 5) is 40.5. The summed E-state index contributed by atoms with van der Waals surface area (Å²) in [6.07, 6.45) is -5.72. The van der Waals surface area contributed by atoms with Gasteiger partial charge in [-0.3, -0.25) is 25.1 Å². The lowest BCUT2D eigenvalue weighted by Gasteiger charge is -2.50. The summed E-state index contributed by atoms with van der Waals surface area (Å²) in [5.41, 5.74) is 0.0416. The fraction of sp³-hybridized carbons (Fsp3) is 0.348. The van der Waals surface area contributed by atoms with E-state index in [1.807, 2.05) is 0 Å². The first-order chi connectivity index (χ1) is 17.0. The number of hydrogen-bond donors (Lipinski definition) is 3. The molecular weight excluding hydrogens is 502 g/mol. The third kappa shape index (κ3) is 5.32. The van der Waals surface area contributed by atoms with Gasteiger partial charge in [0, 0.05) is 19.8 Å². The van der Waals surface area contributed by atoms with E-state index in [0.717, 1.165) is 40.9 Å². The van der Waals surface area contributed by atoms with Crippen molar-refractivity contribution >= 4 is 35.3 Å². The number of rotatable bonds is 5. The highest BCUT2D eigenvalue weighted by Crippen LogP contribution is 2.35. The first-order valence-electron chi connectivity index (χ1n) is 10.9. The van der Waals surface area contributed by atoms with Crippen molar-refractivity contribution in [3.63, 3.8) is 0 Å². The normalized spacial score (nSPS) is 24.5. The Morgan fingerprint density at radius 1 is 1.03 bits per heavy atom. The molecule has 2 saturated heterocycles. The molecule has 2 aliphatic rings. The minimum atomic E-state index is -4.48. The fourth-order valence-electron chi connectivity index (χ4n) is 4.15. The monoisotopic (exact) mass is 525 g/mol. The zero-order valence-electron chi connectivity index (χ0n) is 19.2. The quantitative estimate of drug-likeness (QED) is 0.520. The third-order valence-electron chi connectivity index (χ3n) is 6.05. The zero-order valence-corrected chi connectivity index (χ0v) is 20.0. The Kier molecular flexibility index (Phi) is 7.25. The van der Waals surface area contributed by atoms with Crippen LogP contribution in [0.1, 0.15) is 17.3 Å². The number of carbonyl (C=O) groups is 3. The molecule has 2 fully saturated rings. The molecule has 36 heavy (non-hydrogen) atoms. The average Bonchev–Trinajstić information content (AvgIpc) is 2.84. The number of fused-ring (bicyclic) bond motifs is 1. The highest BCUT2D eigenvalue weighted by molar-refractivity contribution is 8.00. The van der Waals surface area contributed by atoms with Crippen LogP contribution in [0.5, 0.6) is 0 Å². The highest BCUT2D eigenvalue weighted by Gasteiger charge is 2.51. The van der Waals surface area contributed by atoms with Gasteiger partial charge in [-0.2, -0.15) is 13.2 Å². The van der Waals surface area contributed by atoms with Crippen molar-refractivity contribution in [2.75, 3.05) is 25.2 Å². The Morgan fingerprint density at radius 2 is 1.67 bits per heavy atom. The van der Waals surface area contributed by atoms with Gasteiger partial charge in [-0.15, -0.1) is 11.8 Å². The molecule has 0 aliphatic carbocycles. The molecule has 13 heteroatoms. The molecule has 2 aromatic carbocycles. The first-order valence-corrected chi connectivity index (χ1v) is 11.9. The van der Waals surface area contributed by atoms with Gasteiger partial charge in [-0.05, 0) is 42.0 Å². The molecule has 2 heterocycles. The van der Waals surface area contributed by atoms with Gasteiger partial charge in [-0.1, -0.05) is 12.1 Å². The predicted molar refractivity (Wildman–Crippen MR) is 125 cm³/mol. The van der Waals surface area contributed by atoms with Crippen molar-refractivity contribution in [2.45, 2.75) is 23.9 Å². The van der Waals surface area contributed by atoms with E-state index in [2.05, 4.69) is 16.0 Å². The minimum Gasteiger partial charge on any atom is -0.325 e. The van der Waals surface area contributed by atoms with Crippen LogP contribution in [0.4, 0.5) is 28.0 Å². The van der Waals surface area contributed by atoms with Gasteiger partial charge in [0.1, 0.15) is 5.82 Å². The van der Waals surface area contributed by atoms with E-state index in [1.165, 1.54) is 24.1 Å². The maximum atomic E-state index is 13.4. The Labute approximate surface area is 208 Å². The largest absolute Gasteiger partial charge is 0.416 e. The number of imide groups is 1. The predicted octanol–water partition coefficient (Wildman–Crippen LogP) is 3.20. The number of anilines is 1. The Balaban J connectivity index is 1.49. The molecule has 0 aromatic heterocycles. The SMILES string of the molecule is CN1C(=O)C2C(SCC(=O)Nc3ccc(C(F)(F)F)cc3)NC(c3ccc(F)cc3)NC2N(C)C1=O. The van der Waals surface area contributed by atoms with Gasteiger partial charge < -0.3 is 10.2 Å². The van der Waals surface area contributed by atoms with Gasteiger partial charge in [0.25, 0.3) is 0 Å². The molecule has 8 nitrogen and oxygen atoms in total. The number of hydrogen-bond acceptors (Lipinski definition) is 6. The van der Waals surface area contributed by atoms with Crippen molar-refractivity contribution < 1.29 is 31.9 Å². The lowest BCUT2D eigenvalue weighted by atomic mass is 9.96. The summed E-state index contributed by atoms with van der Waals surface area (Å²) in [5, 5.41) is 8.40. The number of urea groups is 1. The van der Waals surface area contributed by atoms with Crippen LogP contribution < -0.4 is 16.0 Å². The van der Waals surface area contributed by atoms with Crippen LogP contribution in [0.2, 0.25) is 0 Å². The van der Waals surface area contributed by atoms with E-state index >= 15 is 0 Å². The first kappa shape index (κ1) is 25.9. The number of alkyl halides is 3. The van der Waals surface area contributed by atoms with Crippen molar-refractivity contribution in [1.82, 2.24) is 20.4 Å². The Bertz CT molecular complexity index is 1150. The summed E-state index contributed by atoms with van der Waals surface area (Å²) in [7, 11) is 2.94. The van der Waals surface area contributed by atoms with Gasteiger partial charge >= 0.3 is 12.2 Å². The second-order valence-corrected chi connectivity index (χ2v) is 9.56. The van der Waals surface area contributed by atoms with Gasteiger partial charge in [-0.25, -0.2) is 9.18 Å². The molecule has 2 aliphatic heterocycles. The van der Waals surface area contributed by atoms with Crippen LogP contribution >= 0.6 is 11.8 Å². The summed E-state index contributed by atoms with van der Waals surface area (Å²) in [6, 6.07) is 9.30. The molecule has 192 valence electrons. The van der Waals surface area contributed by atoms with Crippen LogP contribution in [0.3, 0.4) is 0 Å². The number of nitrogens with zero attached hydrogens (tertiary/aromatic N) is 2. The molecular formula is C23H23F4N5O3S. The molecule has 0 bridgehead atoms. The van der Waals surface area contributed by atoms with E-state index in [9.17, 15) is 31.9 Å². The second kappa shape index (κ2) is 10.1. The molecule has 4 unspecified atom stereocenters. The number of carbonyl (C=O) groups excluding carboxylic acids is 3. The lowest BCUT2D eigenvalue weighted by Crippen LogP contribution is -2.72. The summed E-state index contributed by atoms with van der Waals surface area (Å²) >= 11 is 1.13. The fourth-order valence-corrected chi connectivity index (χ4v) is 5.26. The molecule has 4 rings (SSSR count). The van der Waals surface area contributed by atoms with Crippen LogP contribution in [0.25, 0.3) is 0 Å². The molecule has 0 radical (unpaired) electrons. The van der Waals surface area contributed by atoms with Crippen LogP contribution in [0.15, 0.2) is 48.5 Å². The smallest absolute Gasteiger partial charge is 0.325 e. The molecule has 4 amide bonds. The van der Waals surface area contributed by atoms with Gasteiger partial charge in [0.15, 0.2) is 0 Å². The maximum Gasteiger partial charge on any atom is 0.416 e. The van der Waals surface area contributed by atoms with E-state index < -0.39 is 59.0 Å². The van der Waals surface area contributed by atoms with Gasteiger partial charge in [0.2, 0.25) is 11.8 Å². The van der Waals surface area contributed by atoms with Gasteiger partial charge in [0.05, 0.1) is 34.9 Å². The van der Waals surface area contributed by atoms with Crippen LogP contribution in [-0.4, -0.2) is 59.0 Å². The Morgan fingerprint density at radius 3 is 2.28 bits per heavy atom. The van der Waals surface area contributed by atoms with Crippen molar-refractivity contribution in [3.05, 3.63) is 65.5 Å². The number of nitrogens with one attached hydrogen (secondary N) is 3. The van der Waals surface area contributed by atoms with Crippen molar-refractivity contribution in [2.24, 2.45) is 5.92 Å². The Hall–Kier alpha value is -3.16. The molecule has 0 saturated carbocycles. The topological polar surface area (TPSA) is 93.8 Å². The standard InChI is InChI=1S/C23H23F4N5O3S/c1-31-19-17(21(34)32(2)22(31)35)20(30-18(29-19)12-3-7-14(24)8-4-12)36-11-16(33)28-15-9-5-13(6-10-15)23(25,26)27/h3-10,17-20,29-30H,11H2,1-2H3,(H,28,33). The molecule has 3 N–H and O–H groups in total. The molecule has 2 aromatic rings. The van der Waals surface area contributed by atoms with E-state index in [0.29, 0.717) is 5.56 Å². The average molecular weight is 526 g/mol. The van der Waals surface area contributed by atoms with Crippen LogP contribution in [-0.2, 0) is 15.8 Å². The van der Waals surface area contributed by atoms with E-state index in [4.69, 9.17) is 0 Å². The number of benzene rings is 2. The minimum absolute atomic E-state index is 0.118. The highest BCUT2D eigenvalue weighted by atomic mass is 32.2.